The number of nitrogens with zero attached hydrogens (tertiary/aromatic N) is 2. The highest BCUT2D eigenvalue weighted by Gasteiger charge is 2.35. The van der Waals surface area contributed by atoms with Crippen molar-refractivity contribution in [3.8, 4) is 0 Å². The van der Waals surface area contributed by atoms with Crippen molar-refractivity contribution in [2.75, 3.05) is 11.9 Å². The molecule has 6 heteroatoms. The van der Waals surface area contributed by atoms with Gasteiger partial charge in [0, 0.05) is 19.2 Å². The third-order valence-electron chi connectivity index (χ3n) is 2.19. The summed E-state index contributed by atoms with van der Waals surface area (Å²) >= 11 is 0. The van der Waals surface area contributed by atoms with Crippen molar-refractivity contribution in [2.45, 2.75) is 19.6 Å². The van der Waals surface area contributed by atoms with E-state index in [1.54, 1.807) is 0 Å². The van der Waals surface area contributed by atoms with Crippen molar-refractivity contribution >= 4 is 5.82 Å². The van der Waals surface area contributed by atoms with Crippen LogP contribution in [0.15, 0.2) is 6.07 Å². The first-order valence-electron chi connectivity index (χ1n) is 4.36. The summed E-state index contributed by atoms with van der Waals surface area (Å²) < 4.78 is 38.2. The summed E-state index contributed by atoms with van der Waals surface area (Å²) in [5, 5.41) is 6.41. The zero-order valence-corrected chi connectivity index (χ0v) is 7.60. The summed E-state index contributed by atoms with van der Waals surface area (Å²) in [5.74, 6) is 0.763. The molecule has 0 bridgehead atoms. The fourth-order valence-electron chi connectivity index (χ4n) is 1.48. The summed E-state index contributed by atoms with van der Waals surface area (Å²) in [6.07, 6.45) is -4.35. The largest absolute Gasteiger partial charge is 0.435 e. The van der Waals surface area contributed by atoms with E-state index in [0.717, 1.165) is 6.07 Å². The molecule has 0 radical (unpaired) electrons. The lowest BCUT2D eigenvalue weighted by Crippen LogP contribution is -2.25. The van der Waals surface area contributed by atoms with E-state index in [0.29, 0.717) is 24.8 Å². The van der Waals surface area contributed by atoms with E-state index in [2.05, 4.69) is 10.4 Å². The van der Waals surface area contributed by atoms with Crippen LogP contribution in [0.4, 0.5) is 19.0 Å². The molecule has 14 heavy (non-hydrogen) atoms. The molecule has 3 nitrogen and oxygen atoms in total. The number of anilines is 1. The van der Waals surface area contributed by atoms with Crippen molar-refractivity contribution in [3.63, 3.8) is 0 Å². The molecular weight excluding hydrogens is 195 g/mol. The Morgan fingerprint density at radius 1 is 1.57 bits per heavy atom. The monoisotopic (exact) mass is 205 g/mol. The Kier molecular flexibility index (Phi) is 1.94. The molecule has 1 aromatic heterocycles. The first kappa shape index (κ1) is 9.36. The van der Waals surface area contributed by atoms with E-state index in [1.165, 1.54) is 4.68 Å². The van der Waals surface area contributed by atoms with Gasteiger partial charge in [-0.3, -0.25) is 0 Å². The quantitative estimate of drug-likeness (QED) is 0.701. The maximum Gasteiger partial charge on any atom is 0.435 e. The Balaban J connectivity index is 2.32. The molecule has 1 aliphatic heterocycles. The average molecular weight is 205 g/mol. The number of hydrogen-bond donors (Lipinski definition) is 1. The van der Waals surface area contributed by atoms with Crippen LogP contribution in [0.3, 0.4) is 0 Å². The van der Waals surface area contributed by atoms with Crippen molar-refractivity contribution in [1.29, 1.82) is 0 Å². The Morgan fingerprint density at radius 3 is 2.93 bits per heavy atom. The van der Waals surface area contributed by atoms with Crippen LogP contribution >= 0.6 is 0 Å². The van der Waals surface area contributed by atoms with Gasteiger partial charge in [0.1, 0.15) is 5.82 Å². The summed E-state index contributed by atoms with van der Waals surface area (Å²) in [7, 11) is 0. The van der Waals surface area contributed by atoms with Crippen LogP contribution in [-0.2, 0) is 12.7 Å². The third kappa shape index (κ3) is 1.56. The normalized spacial score (nSPS) is 21.6. The zero-order chi connectivity index (χ0) is 10.3. The minimum Gasteiger partial charge on any atom is -0.370 e. The van der Waals surface area contributed by atoms with Crippen LogP contribution in [-0.4, -0.2) is 16.3 Å². The molecule has 1 aliphatic rings. The first-order chi connectivity index (χ1) is 6.47. The average Bonchev–Trinajstić information content (AvgIpc) is 2.45. The van der Waals surface area contributed by atoms with E-state index >= 15 is 0 Å². The molecule has 1 unspecified atom stereocenters. The Bertz CT molecular complexity index is 342. The number of hydrogen-bond acceptors (Lipinski definition) is 2. The molecule has 0 spiro atoms. The molecule has 1 N–H and O–H groups in total. The predicted molar refractivity (Wildman–Crippen MR) is 44.9 cm³/mol. The summed E-state index contributed by atoms with van der Waals surface area (Å²) in [6, 6.07) is 1.05. The van der Waals surface area contributed by atoms with E-state index in [-0.39, 0.29) is 0 Å². The number of rotatable bonds is 0. The van der Waals surface area contributed by atoms with Gasteiger partial charge in [-0.1, -0.05) is 6.92 Å². The molecule has 0 amide bonds. The molecule has 0 saturated heterocycles. The van der Waals surface area contributed by atoms with Crippen molar-refractivity contribution in [2.24, 2.45) is 5.92 Å². The maximum atomic E-state index is 12.3. The zero-order valence-electron chi connectivity index (χ0n) is 7.60. The summed E-state index contributed by atoms with van der Waals surface area (Å²) in [4.78, 5) is 0. The lowest BCUT2D eigenvalue weighted by atomic mass is 10.1. The van der Waals surface area contributed by atoms with Gasteiger partial charge in [-0.25, -0.2) is 4.68 Å². The van der Waals surface area contributed by atoms with E-state index < -0.39 is 11.9 Å². The minimum atomic E-state index is -4.35. The lowest BCUT2D eigenvalue weighted by molar-refractivity contribution is -0.141. The number of halogens is 3. The molecule has 2 rings (SSSR count). The van der Waals surface area contributed by atoms with Gasteiger partial charge < -0.3 is 5.32 Å². The van der Waals surface area contributed by atoms with Crippen LogP contribution in [0.2, 0.25) is 0 Å². The van der Waals surface area contributed by atoms with E-state index in [1.807, 2.05) is 6.92 Å². The highest BCUT2D eigenvalue weighted by Crippen LogP contribution is 2.31. The van der Waals surface area contributed by atoms with Gasteiger partial charge in [0.25, 0.3) is 0 Å². The number of fused-ring (bicyclic) bond motifs is 1. The molecule has 0 aromatic carbocycles. The van der Waals surface area contributed by atoms with Crippen LogP contribution in [0, 0.1) is 5.92 Å². The van der Waals surface area contributed by atoms with Crippen molar-refractivity contribution < 1.29 is 13.2 Å². The molecule has 78 valence electrons. The second-order valence-electron chi connectivity index (χ2n) is 3.58. The topological polar surface area (TPSA) is 29.9 Å². The van der Waals surface area contributed by atoms with Gasteiger partial charge in [0.2, 0.25) is 0 Å². The van der Waals surface area contributed by atoms with Gasteiger partial charge in [-0.2, -0.15) is 18.3 Å². The van der Waals surface area contributed by atoms with Crippen molar-refractivity contribution in [1.82, 2.24) is 9.78 Å². The molecule has 0 saturated carbocycles. The molecule has 0 aliphatic carbocycles. The van der Waals surface area contributed by atoms with Crippen LogP contribution in [0.5, 0.6) is 0 Å². The Hall–Kier alpha value is -1.20. The highest BCUT2D eigenvalue weighted by atomic mass is 19.4. The highest BCUT2D eigenvalue weighted by molar-refractivity contribution is 5.39. The van der Waals surface area contributed by atoms with Gasteiger partial charge in [-0.05, 0) is 5.92 Å². The maximum absolute atomic E-state index is 12.3. The Labute approximate surface area is 78.9 Å². The third-order valence-corrected chi connectivity index (χ3v) is 2.19. The van der Waals surface area contributed by atoms with E-state index in [4.69, 9.17) is 0 Å². The SMILES string of the molecule is CC1CNc2cc(C(F)(F)F)nn2C1. The molecular formula is C8H10F3N3. The summed E-state index contributed by atoms with van der Waals surface area (Å²) in [6.45, 7) is 3.20. The molecule has 1 atom stereocenters. The van der Waals surface area contributed by atoms with Crippen molar-refractivity contribution in [3.05, 3.63) is 11.8 Å². The summed E-state index contributed by atoms with van der Waals surface area (Å²) in [5.41, 5.74) is -0.825. The molecule has 1 aromatic rings. The van der Waals surface area contributed by atoms with Gasteiger partial charge in [-0.15, -0.1) is 0 Å². The number of aromatic nitrogens is 2. The van der Waals surface area contributed by atoms with Crippen LogP contribution in [0.1, 0.15) is 12.6 Å². The number of alkyl halides is 3. The van der Waals surface area contributed by atoms with Gasteiger partial charge >= 0.3 is 6.18 Å². The second-order valence-corrected chi connectivity index (χ2v) is 3.58. The van der Waals surface area contributed by atoms with Crippen LogP contribution in [0.25, 0.3) is 0 Å². The van der Waals surface area contributed by atoms with Gasteiger partial charge in [0.15, 0.2) is 5.69 Å². The first-order valence-corrected chi connectivity index (χ1v) is 4.36. The minimum absolute atomic E-state index is 0.309. The standard InChI is InChI=1S/C8H10F3N3/c1-5-3-12-7-2-6(8(9,10)11)13-14(7)4-5/h2,5,12H,3-4H2,1H3. The van der Waals surface area contributed by atoms with Crippen LogP contribution < -0.4 is 5.32 Å². The predicted octanol–water partition coefficient (Wildman–Crippen LogP) is 1.96. The number of nitrogens with one attached hydrogen (secondary N) is 1. The molecule has 0 fully saturated rings. The van der Waals surface area contributed by atoms with E-state index in [9.17, 15) is 13.2 Å². The molecule has 2 heterocycles. The fraction of sp³-hybridized carbons (Fsp3) is 0.625. The Morgan fingerprint density at radius 2 is 2.29 bits per heavy atom. The lowest BCUT2D eigenvalue weighted by Gasteiger charge is -2.21. The smallest absolute Gasteiger partial charge is 0.370 e. The fourth-order valence-corrected chi connectivity index (χ4v) is 1.48. The second kappa shape index (κ2) is 2.90. The van der Waals surface area contributed by atoms with Gasteiger partial charge in [0.05, 0.1) is 0 Å².